The first kappa shape index (κ1) is 7.81. The molecule has 0 amide bonds. The van der Waals surface area contributed by atoms with Crippen molar-refractivity contribution in [1.29, 1.82) is 5.26 Å². The van der Waals surface area contributed by atoms with Crippen LogP contribution in [0.15, 0.2) is 18.2 Å². The Kier molecular flexibility index (Phi) is 1.56. The van der Waals surface area contributed by atoms with Crippen LogP contribution in [0.1, 0.15) is 11.3 Å². The van der Waals surface area contributed by atoms with E-state index in [1.54, 1.807) is 6.07 Å². The third-order valence-corrected chi connectivity index (χ3v) is 2.13. The van der Waals surface area contributed by atoms with Crippen molar-refractivity contribution < 1.29 is 4.39 Å². The molecule has 0 saturated heterocycles. The fourth-order valence-electron chi connectivity index (χ4n) is 1.42. The number of hydrogen-bond acceptors (Lipinski definition) is 1. The third kappa shape index (κ3) is 1.07. The summed E-state index contributed by atoms with van der Waals surface area (Å²) in [5.41, 5.74) is 2.05. The minimum Gasteiger partial charge on any atom is -0.346 e. The van der Waals surface area contributed by atoms with Gasteiger partial charge >= 0.3 is 0 Å². The fourth-order valence-corrected chi connectivity index (χ4v) is 1.42. The second kappa shape index (κ2) is 2.60. The van der Waals surface area contributed by atoms with Crippen molar-refractivity contribution in [3.05, 3.63) is 35.3 Å². The monoisotopic (exact) mass is 174 g/mol. The molecule has 2 aromatic rings. The zero-order valence-corrected chi connectivity index (χ0v) is 7.06. The average Bonchev–Trinajstić information content (AvgIpc) is 2.42. The summed E-state index contributed by atoms with van der Waals surface area (Å²) in [4.78, 5) is 2.85. The maximum Gasteiger partial charge on any atom is 0.125 e. The minimum atomic E-state index is -0.293. The van der Waals surface area contributed by atoms with E-state index in [0.717, 1.165) is 10.9 Å². The largest absolute Gasteiger partial charge is 0.346 e. The van der Waals surface area contributed by atoms with E-state index < -0.39 is 0 Å². The number of nitrogens with one attached hydrogen (secondary N) is 1. The van der Waals surface area contributed by atoms with Crippen molar-refractivity contribution in [3.63, 3.8) is 0 Å². The first-order valence-corrected chi connectivity index (χ1v) is 3.90. The Morgan fingerprint density at radius 3 is 2.92 bits per heavy atom. The molecule has 64 valence electrons. The Labute approximate surface area is 74.6 Å². The first-order valence-electron chi connectivity index (χ1n) is 3.90. The Balaban J connectivity index is 2.86. The number of rotatable bonds is 0. The first-order chi connectivity index (χ1) is 6.22. The van der Waals surface area contributed by atoms with E-state index in [1.165, 1.54) is 12.1 Å². The van der Waals surface area contributed by atoms with Crippen LogP contribution in [0.5, 0.6) is 0 Å². The van der Waals surface area contributed by atoms with Crippen molar-refractivity contribution in [1.82, 2.24) is 4.98 Å². The Morgan fingerprint density at radius 1 is 1.46 bits per heavy atom. The summed E-state index contributed by atoms with van der Waals surface area (Å²) in [6.07, 6.45) is 0. The van der Waals surface area contributed by atoms with E-state index in [-0.39, 0.29) is 5.82 Å². The van der Waals surface area contributed by atoms with Gasteiger partial charge in [0.2, 0.25) is 0 Å². The molecule has 2 nitrogen and oxygen atoms in total. The highest BCUT2D eigenvalue weighted by atomic mass is 19.1. The lowest BCUT2D eigenvalue weighted by atomic mass is 10.1. The molecule has 2 rings (SSSR count). The predicted molar refractivity (Wildman–Crippen MR) is 47.7 cm³/mol. The number of H-pyrrole nitrogens is 1. The topological polar surface area (TPSA) is 39.6 Å². The summed E-state index contributed by atoms with van der Waals surface area (Å²) in [6, 6.07) is 6.49. The SMILES string of the molecule is Cc1c(C#N)[nH]c2cc(F)ccc12. The summed E-state index contributed by atoms with van der Waals surface area (Å²) in [5, 5.41) is 9.61. The van der Waals surface area contributed by atoms with Gasteiger partial charge in [0, 0.05) is 10.9 Å². The molecule has 0 spiro atoms. The second-order valence-electron chi connectivity index (χ2n) is 2.93. The van der Waals surface area contributed by atoms with E-state index in [0.29, 0.717) is 11.2 Å². The summed E-state index contributed by atoms with van der Waals surface area (Å²) < 4.78 is 12.8. The van der Waals surface area contributed by atoms with Crippen molar-refractivity contribution in [2.24, 2.45) is 0 Å². The van der Waals surface area contributed by atoms with E-state index in [4.69, 9.17) is 5.26 Å². The van der Waals surface area contributed by atoms with Crippen molar-refractivity contribution >= 4 is 10.9 Å². The number of halogens is 1. The van der Waals surface area contributed by atoms with Gasteiger partial charge in [0.15, 0.2) is 0 Å². The van der Waals surface area contributed by atoms with Gasteiger partial charge in [0.05, 0.1) is 0 Å². The quantitative estimate of drug-likeness (QED) is 0.654. The van der Waals surface area contributed by atoms with Gasteiger partial charge in [-0.2, -0.15) is 5.26 Å². The van der Waals surface area contributed by atoms with Crippen LogP contribution < -0.4 is 0 Å². The molecule has 0 radical (unpaired) electrons. The van der Waals surface area contributed by atoms with Gasteiger partial charge in [-0.15, -0.1) is 0 Å². The molecule has 0 aliphatic rings. The number of hydrogen-bond donors (Lipinski definition) is 1. The molecule has 0 unspecified atom stereocenters. The number of aromatic nitrogens is 1. The van der Waals surface area contributed by atoms with Crippen LogP contribution >= 0.6 is 0 Å². The van der Waals surface area contributed by atoms with E-state index in [2.05, 4.69) is 4.98 Å². The number of nitrogens with zero attached hydrogens (tertiary/aromatic N) is 1. The standard InChI is InChI=1S/C10H7FN2/c1-6-8-3-2-7(11)4-9(8)13-10(6)5-12/h2-4,13H,1H3. The van der Waals surface area contributed by atoms with Gasteiger partial charge in [-0.25, -0.2) is 4.39 Å². The molecule has 0 atom stereocenters. The number of benzene rings is 1. The van der Waals surface area contributed by atoms with E-state index in [9.17, 15) is 4.39 Å². The summed E-state index contributed by atoms with van der Waals surface area (Å²) in [6.45, 7) is 1.84. The molecular formula is C10H7FN2. The van der Waals surface area contributed by atoms with Gasteiger partial charge in [-0.1, -0.05) is 0 Å². The Morgan fingerprint density at radius 2 is 2.23 bits per heavy atom. The third-order valence-electron chi connectivity index (χ3n) is 2.13. The van der Waals surface area contributed by atoms with Crippen molar-refractivity contribution in [2.75, 3.05) is 0 Å². The highest BCUT2D eigenvalue weighted by molar-refractivity contribution is 5.85. The summed E-state index contributed by atoms with van der Waals surface area (Å²) in [5.74, 6) is -0.293. The van der Waals surface area contributed by atoms with E-state index in [1.807, 2.05) is 13.0 Å². The van der Waals surface area contributed by atoms with Gasteiger partial charge in [0.25, 0.3) is 0 Å². The zero-order chi connectivity index (χ0) is 9.42. The van der Waals surface area contributed by atoms with Crippen molar-refractivity contribution in [2.45, 2.75) is 6.92 Å². The molecule has 3 heteroatoms. The van der Waals surface area contributed by atoms with Gasteiger partial charge < -0.3 is 4.98 Å². The van der Waals surface area contributed by atoms with Crippen LogP contribution in [0.4, 0.5) is 4.39 Å². The van der Waals surface area contributed by atoms with Gasteiger partial charge in [-0.05, 0) is 30.7 Å². The molecule has 1 aromatic heterocycles. The minimum absolute atomic E-state index is 0.293. The predicted octanol–water partition coefficient (Wildman–Crippen LogP) is 2.49. The van der Waals surface area contributed by atoms with Crippen LogP contribution in [0.25, 0.3) is 10.9 Å². The molecule has 13 heavy (non-hydrogen) atoms. The molecule has 0 aliphatic heterocycles. The fraction of sp³-hybridized carbons (Fsp3) is 0.100. The number of nitriles is 1. The average molecular weight is 174 g/mol. The lowest BCUT2D eigenvalue weighted by molar-refractivity contribution is 0.629. The van der Waals surface area contributed by atoms with Gasteiger partial charge in [-0.3, -0.25) is 0 Å². The molecule has 0 bridgehead atoms. The molecule has 1 N–H and O–H groups in total. The van der Waals surface area contributed by atoms with Gasteiger partial charge in [0.1, 0.15) is 17.6 Å². The maximum absolute atomic E-state index is 12.8. The zero-order valence-electron chi connectivity index (χ0n) is 7.06. The lowest BCUT2D eigenvalue weighted by Gasteiger charge is -1.90. The van der Waals surface area contributed by atoms with Crippen LogP contribution in [0.3, 0.4) is 0 Å². The smallest absolute Gasteiger partial charge is 0.125 e. The molecule has 0 aliphatic carbocycles. The van der Waals surface area contributed by atoms with Crippen LogP contribution in [-0.2, 0) is 0 Å². The Bertz CT molecular complexity index is 505. The summed E-state index contributed by atoms with van der Waals surface area (Å²) in [7, 11) is 0. The van der Waals surface area contributed by atoms with Crippen molar-refractivity contribution in [3.8, 4) is 6.07 Å². The molecule has 0 fully saturated rings. The highest BCUT2D eigenvalue weighted by Gasteiger charge is 2.06. The van der Waals surface area contributed by atoms with E-state index >= 15 is 0 Å². The number of fused-ring (bicyclic) bond motifs is 1. The maximum atomic E-state index is 12.8. The van der Waals surface area contributed by atoms with Crippen LogP contribution in [0.2, 0.25) is 0 Å². The Hall–Kier alpha value is -1.82. The second-order valence-corrected chi connectivity index (χ2v) is 2.93. The molecular weight excluding hydrogens is 167 g/mol. The number of aromatic amines is 1. The normalized spacial score (nSPS) is 10.2. The van der Waals surface area contributed by atoms with Crippen LogP contribution in [0, 0.1) is 24.1 Å². The molecule has 1 heterocycles. The molecule has 0 saturated carbocycles. The summed E-state index contributed by atoms with van der Waals surface area (Å²) >= 11 is 0. The lowest BCUT2D eigenvalue weighted by Crippen LogP contribution is -1.73. The number of aryl methyl sites for hydroxylation is 1. The molecule has 1 aromatic carbocycles. The highest BCUT2D eigenvalue weighted by Crippen LogP contribution is 2.21. The van der Waals surface area contributed by atoms with Crippen LogP contribution in [-0.4, -0.2) is 4.98 Å².